The Hall–Kier alpha value is -2.83. The molecule has 0 aliphatic carbocycles. The topological polar surface area (TPSA) is 63.7 Å². The summed E-state index contributed by atoms with van der Waals surface area (Å²) in [5, 5.41) is 0. The molecule has 6 heteroatoms. The molecule has 0 saturated heterocycles. The van der Waals surface area contributed by atoms with Gasteiger partial charge in [-0.15, -0.1) is 0 Å². The third-order valence-electron chi connectivity index (χ3n) is 5.66. The van der Waals surface area contributed by atoms with E-state index in [2.05, 4.69) is 12.1 Å². The monoisotopic (exact) mass is 437 g/mol. The molecular weight excluding hydrogens is 408 g/mol. The first-order valence-electron chi connectivity index (χ1n) is 10.1. The number of anilines is 2. The highest BCUT2D eigenvalue weighted by atomic mass is 32.2. The second kappa shape index (κ2) is 8.73. The fraction of sp³-hybridized carbons (Fsp3) is 0.280. The molecule has 0 fully saturated rings. The Morgan fingerprint density at radius 1 is 0.710 bits per heavy atom. The molecule has 0 radical (unpaired) electrons. The molecule has 0 spiro atoms. The van der Waals surface area contributed by atoms with Crippen molar-refractivity contribution in [3.05, 3.63) is 88.5 Å². The smallest absolute Gasteiger partial charge is 0.124 e. The van der Waals surface area contributed by atoms with Crippen LogP contribution in [0.1, 0.15) is 33.7 Å². The third-order valence-corrected chi connectivity index (χ3v) is 6.57. The Bertz CT molecular complexity index is 1140. The minimum Gasteiger partial charge on any atom is -0.744 e. The average molecular weight is 438 g/mol. The molecule has 0 saturated carbocycles. The lowest BCUT2D eigenvalue weighted by molar-refractivity contribution is 0.462. The molecule has 0 unspecified atom stereocenters. The van der Waals surface area contributed by atoms with Crippen LogP contribution in [0.4, 0.5) is 11.4 Å². The minimum absolute atomic E-state index is 0.174. The molecule has 0 aliphatic rings. The Kier molecular flexibility index (Phi) is 6.43. The van der Waals surface area contributed by atoms with E-state index in [9.17, 15) is 13.0 Å². The Balaban J connectivity index is 2.32. The van der Waals surface area contributed by atoms with Crippen molar-refractivity contribution in [2.75, 3.05) is 38.0 Å². The number of rotatable bonds is 6. The maximum atomic E-state index is 12.1. The summed E-state index contributed by atoms with van der Waals surface area (Å²) in [7, 11) is 3.30. The zero-order chi connectivity index (χ0) is 22.9. The van der Waals surface area contributed by atoms with Gasteiger partial charge in [0.15, 0.2) is 0 Å². The number of aryl methyl sites for hydroxylation is 2. The first kappa shape index (κ1) is 22.8. The highest BCUT2D eigenvalue weighted by molar-refractivity contribution is 7.85. The van der Waals surface area contributed by atoms with Crippen LogP contribution in [0.15, 0.2) is 65.6 Å². The largest absolute Gasteiger partial charge is 0.744 e. The van der Waals surface area contributed by atoms with Crippen molar-refractivity contribution in [3.8, 4) is 0 Å². The molecular formula is C25H29N2O3S-. The van der Waals surface area contributed by atoms with Gasteiger partial charge in [0.1, 0.15) is 10.1 Å². The van der Waals surface area contributed by atoms with Gasteiger partial charge in [-0.2, -0.15) is 0 Å². The second-order valence-electron chi connectivity index (χ2n) is 8.30. The fourth-order valence-corrected chi connectivity index (χ4v) is 4.69. The quantitative estimate of drug-likeness (QED) is 0.419. The highest BCUT2D eigenvalue weighted by Gasteiger charge is 2.25. The van der Waals surface area contributed by atoms with Crippen molar-refractivity contribution in [3.63, 3.8) is 0 Å². The summed E-state index contributed by atoms with van der Waals surface area (Å²) in [4.78, 5) is 3.88. The van der Waals surface area contributed by atoms with Crippen molar-refractivity contribution >= 4 is 21.5 Å². The lowest BCUT2D eigenvalue weighted by Gasteiger charge is -2.27. The lowest BCUT2D eigenvalue weighted by atomic mass is 9.81. The van der Waals surface area contributed by atoms with Gasteiger partial charge in [0.2, 0.25) is 0 Å². The lowest BCUT2D eigenvalue weighted by Crippen LogP contribution is -2.14. The van der Waals surface area contributed by atoms with E-state index in [4.69, 9.17) is 0 Å². The number of hydrogen-bond acceptors (Lipinski definition) is 5. The summed E-state index contributed by atoms with van der Waals surface area (Å²) in [5.41, 5.74) is 6.63. The fourth-order valence-electron chi connectivity index (χ4n) is 3.97. The summed E-state index contributed by atoms with van der Waals surface area (Å²) >= 11 is 0. The van der Waals surface area contributed by atoms with Crippen molar-refractivity contribution in [1.82, 2.24) is 0 Å². The second-order valence-corrected chi connectivity index (χ2v) is 9.64. The zero-order valence-corrected chi connectivity index (χ0v) is 19.7. The molecule has 31 heavy (non-hydrogen) atoms. The maximum Gasteiger partial charge on any atom is 0.124 e. The normalized spacial score (nSPS) is 11.6. The van der Waals surface area contributed by atoms with Crippen LogP contribution in [0.25, 0.3) is 0 Å². The Morgan fingerprint density at radius 3 is 1.55 bits per heavy atom. The predicted molar refractivity (Wildman–Crippen MR) is 126 cm³/mol. The van der Waals surface area contributed by atoms with Crippen LogP contribution in [0, 0.1) is 13.8 Å². The van der Waals surface area contributed by atoms with Gasteiger partial charge in [-0.25, -0.2) is 8.42 Å². The molecule has 3 rings (SSSR count). The third kappa shape index (κ3) is 4.75. The SMILES string of the molecule is Cc1cc(N(C)C)ccc1C(c1ccc(N(C)C)cc1C)c1ccccc1S(=O)(=O)[O-]. The molecule has 0 atom stereocenters. The van der Waals surface area contributed by atoms with Gasteiger partial charge in [0.05, 0.1) is 4.90 Å². The summed E-state index contributed by atoms with van der Waals surface area (Å²) in [6.45, 7) is 4.04. The van der Waals surface area contributed by atoms with E-state index in [1.165, 1.54) is 6.07 Å². The van der Waals surface area contributed by atoms with Crippen LogP contribution < -0.4 is 9.80 Å². The first-order valence-corrected chi connectivity index (χ1v) is 11.5. The van der Waals surface area contributed by atoms with Crippen LogP contribution >= 0.6 is 0 Å². The molecule has 0 heterocycles. The van der Waals surface area contributed by atoms with Crippen LogP contribution in [-0.2, 0) is 10.1 Å². The van der Waals surface area contributed by atoms with Gasteiger partial charge in [-0.05, 0) is 72.0 Å². The van der Waals surface area contributed by atoms with Crippen LogP contribution in [0.3, 0.4) is 0 Å². The van der Waals surface area contributed by atoms with Gasteiger partial charge in [0, 0.05) is 45.5 Å². The van der Waals surface area contributed by atoms with E-state index >= 15 is 0 Å². The van der Waals surface area contributed by atoms with Crippen LogP contribution in [-0.4, -0.2) is 41.2 Å². The summed E-state index contributed by atoms with van der Waals surface area (Å²) in [6.07, 6.45) is 0. The molecule has 164 valence electrons. The number of benzene rings is 3. The van der Waals surface area contributed by atoms with Crippen LogP contribution in [0.5, 0.6) is 0 Å². The molecule has 0 bridgehead atoms. The van der Waals surface area contributed by atoms with Crippen molar-refractivity contribution < 1.29 is 13.0 Å². The van der Waals surface area contributed by atoms with Crippen LogP contribution in [0.2, 0.25) is 0 Å². The van der Waals surface area contributed by atoms with Gasteiger partial charge >= 0.3 is 0 Å². The minimum atomic E-state index is -4.63. The molecule has 3 aromatic rings. The summed E-state index contributed by atoms with van der Waals surface area (Å²) in [6, 6.07) is 18.8. The van der Waals surface area contributed by atoms with E-state index in [0.717, 1.165) is 33.6 Å². The maximum absolute atomic E-state index is 12.1. The van der Waals surface area contributed by atoms with Crippen molar-refractivity contribution in [1.29, 1.82) is 0 Å². The predicted octanol–water partition coefficient (Wildman–Crippen LogP) is 4.52. The van der Waals surface area contributed by atoms with Gasteiger partial charge < -0.3 is 14.4 Å². The van der Waals surface area contributed by atoms with Gasteiger partial charge in [-0.3, -0.25) is 0 Å². The number of hydrogen-bond donors (Lipinski definition) is 0. The first-order chi connectivity index (χ1) is 14.5. The van der Waals surface area contributed by atoms with E-state index < -0.39 is 10.1 Å². The summed E-state index contributed by atoms with van der Waals surface area (Å²) < 4.78 is 36.3. The van der Waals surface area contributed by atoms with Crippen molar-refractivity contribution in [2.24, 2.45) is 0 Å². The van der Waals surface area contributed by atoms with Gasteiger partial charge in [0.25, 0.3) is 0 Å². The zero-order valence-electron chi connectivity index (χ0n) is 18.9. The van der Waals surface area contributed by atoms with Crippen molar-refractivity contribution in [2.45, 2.75) is 24.7 Å². The Morgan fingerprint density at radius 2 is 1.16 bits per heavy atom. The molecule has 0 aliphatic heterocycles. The number of nitrogens with zero attached hydrogens (tertiary/aromatic N) is 2. The molecule has 5 nitrogen and oxygen atoms in total. The average Bonchev–Trinajstić information content (AvgIpc) is 2.69. The molecule has 0 aromatic heterocycles. The van der Waals surface area contributed by atoms with E-state index in [-0.39, 0.29) is 10.8 Å². The van der Waals surface area contributed by atoms with E-state index in [1.807, 2.05) is 76.1 Å². The summed E-state index contributed by atoms with van der Waals surface area (Å²) in [5.74, 6) is -0.382. The van der Waals surface area contributed by atoms with Gasteiger partial charge in [-0.1, -0.05) is 30.3 Å². The molecule has 3 aromatic carbocycles. The van der Waals surface area contributed by atoms with E-state index in [1.54, 1.807) is 18.2 Å². The molecule has 0 amide bonds. The van der Waals surface area contributed by atoms with E-state index in [0.29, 0.717) is 5.56 Å². The standard InChI is InChI=1S/C25H30N2O3S/c1-17-15-19(26(3)4)11-13-21(17)25(22-14-12-20(27(5)6)16-18(22)2)23-9-7-8-10-24(23)31(28,29)30/h7-16,25H,1-6H3,(H,28,29,30)/p-1. The molecule has 0 N–H and O–H groups in total. The Labute approximate surface area is 185 Å². The highest BCUT2D eigenvalue weighted by Crippen LogP contribution is 2.40.